The van der Waals surface area contributed by atoms with Gasteiger partial charge in [-0.05, 0) is 48.8 Å². The number of hydrazine groups is 1. The van der Waals surface area contributed by atoms with Crippen molar-refractivity contribution in [3.8, 4) is 11.1 Å². The number of likely N-dealkylation sites (tertiary alicyclic amines) is 1. The van der Waals surface area contributed by atoms with E-state index in [1.165, 1.54) is 6.42 Å². The van der Waals surface area contributed by atoms with Gasteiger partial charge in [0.25, 0.3) is 5.91 Å². The molecule has 4 rings (SSSR count). The van der Waals surface area contributed by atoms with E-state index >= 15 is 0 Å². The number of amides is 1. The van der Waals surface area contributed by atoms with Gasteiger partial charge in [0, 0.05) is 31.9 Å². The summed E-state index contributed by atoms with van der Waals surface area (Å²) >= 11 is 0. The van der Waals surface area contributed by atoms with Gasteiger partial charge in [0.2, 0.25) is 0 Å². The van der Waals surface area contributed by atoms with Gasteiger partial charge in [-0.25, -0.2) is 0 Å². The monoisotopic (exact) mass is 378 g/mol. The van der Waals surface area contributed by atoms with Crippen molar-refractivity contribution < 1.29 is 4.79 Å². The van der Waals surface area contributed by atoms with Crippen LogP contribution in [0.2, 0.25) is 0 Å². The van der Waals surface area contributed by atoms with Crippen LogP contribution in [0.5, 0.6) is 0 Å². The second-order valence-corrected chi connectivity index (χ2v) is 8.06. The maximum Gasteiger partial charge on any atom is 0.256 e. The minimum absolute atomic E-state index is 0.119. The van der Waals surface area contributed by atoms with Gasteiger partial charge in [0.1, 0.15) is 0 Å². The average molecular weight is 379 g/mol. The number of aryl methyl sites for hydroxylation is 1. The number of carbonyl (C=O) groups is 1. The number of pyridine rings is 1. The molecule has 28 heavy (non-hydrogen) atoms. The third kappa shape index (κ3) is 3.69. The summed E-state index contributed by atoms with van der Waals surface area (Å²) < 4.78 is 0. The highest BCUT2D eigenvalue weighted by Crippen LogP contribution is 2.30. The molecule has 2 saturated heterocycles. The van der Waals surface area contributed by atoms with Crippen LogP contribution in [0.15, 0.2) is 42.6 Å². The molecule has 5 nitrogen and oxygen atoms in total. The van der Waals surface area contributed by atoms with Crippen molar-refractivity contribution in [1.82, 2.24) is 20.7 Å². The highest BCUT2D eigenvalue weighted by Gasteiger charge is 2.36. The highest BCUT2D eigenvalue weighted by atomic mass is 16.2. The van der Waals surface area contributed by atoms with Crippen LogP contribution in [-0.2, 0) is 0 Å². The number of carbonyl (C=O) groups excluding carboxylic acids is 1. The fraction of sp³-hybridized carbons (Fsp3) is 0.478. The lowest BCUT2D eigenvalue weighted by atomic mass is 9.83. The molecule has 1 amide bonds. The zero-order valence-corrected chi connectivity index (χ0v) is 16.8. The summed E-state index contributed by atoms with van der Waals surface area (Å²) in [5.74, 6) is 1.25. The van der Waals surface area contributed by atoms with Crippen LogP contribution < -0.4 is 10.9 Å². The number of benzene rings is 1. The van der Waals surface area contributed by atoms with Crippen LogP contribution in [0.4, 0.5) is 0 Å². The van der Waals surface area contributed by atoms with Gasteiger partial charge >= 0.3 is 0 Å². The molecule has 2 aromatic rings. The number of aromatic nitrogens is 1. The number of nitrogens with zero attached hydrogens (tertiary/aromatic N) is 2. The molecule has 1 aromatic heterocycles. The molecular weight excluding hydrogens is 348 g/mol. The standard InChI is InChI=1S/C23H30N4O/c1-3-17-14-25-26-22(17)19-10-7-13-27(15-19)23(28)21-16(2)24-12-11-20(21)18-8-5-4-6-9-18/h4-6,8-9,11-12,17,19,22,25-26H,3,7,10,13-15H2,1-2H3. The Morgan fingerprint density at radius 1 is 1.25 bits per heavy atom. The lowest BCUT2D eigenvalue weighted by Crippen LogP contribution is -2.48. The van der Waals surface area contributed by atoms with Gasteiger partial charge in [0.15, 0.2) is 0 Å². The molecule has 148 valence electrons. The Morgan fingerprint density at radius 3 is 2.86 bits per heavy atom. The van der Waals surface area contributed by atoms with Crippen molar-refractivity contribution in [2.24, 2.45) is 11.8 Å². The molecule has 0 radical (unpaired) electrons. The fourth-order valence-corrected chi connectivity index (χ4v) is 4.79. The number of hydrogen-bond acceptors (Lipinski definition) is 4. The Labute approximate surface area is 167 Å². The minimum Gasteiger partial charge on any atom is -0.338 e. The van der Waals surface area contributed by atoms with E-state index in [9.17, 15) is 4.79 Å². The molecule has 3 heterocycles. The van der Waals surface area contributed by atoms with E-state index < -0.39 is 0 Å². The summed E-state index contributed by atoms with van der Waals surface area (Å²) in [6.45, 7) is 6.86. The molecule has 2 N–H and O–H groups in total. The number of rotatable bonds is 4. The Morgan fingerprint density at radius 2 is 2.07 bits per heavy atom. The third-order valence-corrected chi connectivity index (χ3v) is 6.36. The minimum atomic E-state index is 0.119. The average Bonchev–Trinajstić information content (AvgIpc) is 3.23. The van der Waals surface area contributed by atoms with Crippen molar-refractivity contribution in [3.05, 3.63) is 53.9 Å². The van der Waals surface area contributed by atoms with E-state index in [0.717, 1.165) is 54.9 Å². The Hall–Kier alpha value is -2.24. The summed E-state index contributed by atoms with van der Waals surface area (Å²) in [5, 5.41) is 0. The third-order valence-electron chi connectivity index (χ3n) is 6.36. The number of nitrogens with one attached hydrogen (secondary N) is 2. The lowest BCUT2D eigenvalue weighted by molar-refractivity contribution is 0.0634. The topological polar surface area (TPSA) is 57.3 Å². The summed E-state index contributed by atoms with van der Waals surface area (Å²) in [7, 11) is 0. The second-order valence-electron chi connectivity index (χ2n) is 8.06. The Bertz CT molecular complexity index is 823. The van der Waals surface area contributed by atoms with Gasteiger partial charge in [-0.15, -0.1) is 0 Å². The maximum absolute atomic E-state index is 13.6. The maximum atomic E-state index is 13.6. The van der Waals surface area contributed by atoms with E-state index in [1.807, 2.05) is 31.2 Å². The molecule has 5 heteroatoms. The molecule has 2 fully saturated rings. The van der Waals surface area contributed by atoms with Gasteiger partial charge in [0.05, 0.1) is 11.3 Å². The Balaban J connectivity index is 1.59. The summed E-state index contributed by atoms with van der Waals surface area (Å²) in [6, 6.07) is 12.6. The zero-order valence-electron chi connectivity index (χ0n) is 16.8. The van der Waals surface area contributed by atoms with E-state index in [0.29, 0.717) is 17.9 Å². The molecule has 2 aliphatic rings. The zero-order chi connectivity index (χ0) is 19.5. The van der Waals surface area contributed by atoms with E-state index in [1.54, 1.807) is 6.20 Å². The quantitative estimate of drug-likeness (QED) is 0.856. The van der Waals surface area contributed by atoms with E-state index in [4.69, 9.17) is 0 Å². The van der Waals surface area contributed by atoms with Crippen molar-refractivity contribution in [1.29, 1.82) is 0 Å². The molecule has 0 aliphatic carbocycles. The van der Waals surface area contributed by atoms with Gasteiger partial charge < -0.3 is 4.90 Å². The van der Waals surface area contributed by atoms with Crippen LogP contribution in [0.1, 0.15) is 42.2 Å². The van der Waals surface area contributed by atoms with Crippen LogP contribution in [0, 0.1) is 18.8 Å². The van der Waals surface area contributed by atoms with Gasteiger partial charge in [-0.2, -0.15) is 0 Å². The molecule has 2 aliphatic heterocycles. The summed E-state index contributed by atoms with van der Waals surface area (Å²) in [5.41, 5.74) is 10.4. The molecule has 0 bridgehead atoms. The first kappa shape index (κ1) is 19.1. The molecule has 0 spiro atoms. The molecule has 3 atom stereocenters. The largest absolute Gasteiger partial charge is 0.338 e. The number of hydrogen-bond donors (Lipinski definition) is 2. The van der Waals surface area contributed by atoms with Crippen molar-refractivity contribution >= 4 is 5.91 Å². The predicted molar refractivity (Wildman–Crippen MR) is 112 cm³/mol. The molecule has 1 aromatic carbocycles. The smallest absolute Gasteiger partial charge is 0.256 e. The second kappa shape index (κ2) is 8.41. The summed E-state index contributed by atoms with van der Waals surface area (Å²) in [4.78, 5) is 20.1. The first-order valence-corrected chi connectivity index (χ1v) is 10.5. The SMILES string of the molecule is CCC1CNNC1C1CCCN(C(=O)c2c(-c3ccccc3)ccnc2C)C1. The first-order valence-electron chi connectivity index (χ1n) is 10.5. The van der Waals surface area contributed by atoms with Gasteiger partial charge in [-0.1, -0.05) is 43.7 Å². The van der Waals surface area contributed by atoms with E-state index in [2.05, 4.69) is 39.8 Å². The predicted octanol–water partition coefficient (Wildman–Crippen LogP) is 3.41. The van der Waals surface area contributed by atoms with Crippen molar-refractivity contribution in [2.75, 3.05) is 19.6 Å². The molecule has 3 unspecified atom stereocenters. The van der Waals surface area contributed by atoms with Crippen molar-refractivity contribution in [2.45, 2.75) is 39.2 Å². The van der Waals surface area contributed by atoms with Crippen LogP contribution in [0.25, 0.3) is 11.1 Å². The van der Waals surface area contributed by atoms with Gasteiger partial charge in [-0.3, -0.25) is 20.6 Å². The normalized spacial score (nSPS) is 25.1. The summed E-state index contributed by atoms with van der Waals surface area (Å²) in [6.07, 6.45) is 5.20. The molecular formula is C23H30N4O. The first-order chi connectivity index (χ1) is 13.7. The fourth-order valence-electron chi connectivity index (χ4n) is 4.79. The van der Waals surface area contributed by atoms with Crippen LogP contribution in [0.3, 0.4) is 0 Å². The van der Waals surface area contributed by atoms with Crippen molar-refractivity contribution in [3.63, 3.8) is 0 Å². The van der Waals surface area contributed by atoms with Crippen LogP contribution >= 0.6 is 0 Å². The highest BCUT2D eigenvalue weighted by molar-refractivity contribution is 6.01. The van der Waals surface area contributed by atoms with E-state index in [-0.39, 0.29) is 5.91 Å². The lowest BCUT2D eigenvalue weighted by Gasteiger charge is -2.37. The van der Waals surface area contributed by atoms with Crippen LogP contribution in [-0.4, -0.2) is 41.5 Å². The molecule has 0 saturated carbocycles. The Kier molecular flexibility index (Phi) is 5.74. The number of piperidine rings is 1.